The van der Waals surface area contributed by atoms with Crippen molar-refractivity contribution in [1.82, 2.24) is 4.31 Å². The van der Waals surface area contributed by atoms with Gasteiger partial charge >= 0.3 is 6.18 Å². The Morgan fingerprint density at radius 3 is 2.42 bits per heavy atom. The zero-order valence-electron chi connectivity index (χ0n) is 18.5. The molecule has 0 aromatic heterocycles. The number of carbonyl (C=O) groups excluding carboxylic acids is 2. The predicted octanol–water partition coefficient (Wildman–Crippen LogP) is 3.56. The summed E-state index contributed by atoms with van der Waals surface area (Å²) in [4.78, 5) is 26.5. The molecule has 0 spiro atoms. The molecule has 1 unspecified atom stereocenters. The van der Waals surface area contributed by atoms with Crippen LogP contribution >= 0.6 is 0 Å². The van der Waals surface area contributed by atoms with Gasteiger partial charge in [0.2, 0.25) is 21.8 Å². The lowest BCUT2D eigenvalue weighted by molar-refractivity contribution is -0.137. The van der Waals surface area contributed by atoms with Gasteiger partial charge in [-0.2, -0.15) is 13.2 Å². The van der Waals surface area contributed by atoms with Gasteiger partial charge in [0.05, 0.1) is 16.4 Å². The fourth-order valence-electron chi connectivity index (χ4n) is 3.53. The van der Waals surface area contributed by atoms with Gasteiger partial charge in [-0.25, -0.2) is 12.7 Å². The monoisotopic (exact) mass is 483 g/mol. The van der Waals surface area contributed by atoms with E-state index in [4.69, 9.17) is 0 Å². The van der Waals surface area contributed by atoms with Crippen molar-refractivity contribution in [2.45, 2.75) is 31.3 Å². The Morgan fingerprint density at radius 1 is 1.15 bits per heavy atom. The van der Waals surface area contributed by atoms with Gasteiger partial charge in [0.1, 0.15) is 0 Å². The van der Waals surface area contributed by atoms with Gasteiger partial charge in [0.15, 0.2) is 0 Å². The Balaban J connectivity index is 1.83. The molecule has 1 atom stereocenters. The number of rotatable bonds is 5. The lowest BCUT2D eigenvalue weighted by Crippen LogP contribution is -2.28. The highest BCUT2D eigenvalue weighted by atomic mass is 32.2. The molecular formula is C22H24F3N3O4S. The standard InChI is InChI=1S/C22H24F3N3O4S/c1-13-8-18(33(31,32)27(3)4)11-19(14(13)2)26-21(30)15-9-20(29)28(12-15)17-7-5-6-16(10-17)22(23,24)25/h5-8,10-11,15H,9,12H2,1-4H3,(H,26,30). The van der Waals surface area contributed by atoms with Crippen molar-refractivity contribution >= 4 is 33.2 Å². The molecule has 1 saturated heterocycles. The minimum atomic E-state index is -4.55. The SMILES string of the molecule is Cc1cc(S(=O)(=O)N(C)C)cc(NC(=O)C2CC(=O)N(c3cccc(C(F)(F)F)c3)C2)c1C. The molecule has 1 aliphatic heterocycles. The van der Waals surface area contributed by atoms with E-state index in [9.17, 15) is 31.2 Å². The second-order valence-corrected chi connectivity index (χ2v) is 10.3. The van der Waals surface area contributed by atoms with E-state index in [0.717, 1.165) is 21.3 Å². The largest absolute Gasteiger partial charge is 0.416 e. The number of anilines is 2. The van der Waals surface area contributed by atoms with Crippen LogP contribution in [0.4, 0.5) is 24.5 Å². The highest BCUT2D eigenvalue weighted by Gasteiger charge is 2.37. The van der Waals surface area contributed by atoms with Crippen LogP contribution in [0.3, 0.4) is 0 Å². The van der Waals surface area contributed by atoms with E-state index in [1.807, 2.05) is 0 Å². The van der Waals surface area contributed by atoms with Gasteiger partial charge in [0.25, 0.3) is 0 Å². The minimum Gasteiger partial charge on any atom is -0.325 e. The normalized spacial score (nSPS) is 17.0. The minimum absolute atomic E-state index is 0.0130. The molecule has 3 rings (SSSR count). The van der Waals surface area contributed by atoms with E-state index in [1.54, 1.807) is 13.8 Å². The Bertz CT molecular complexity index is 1210. The Kier molecular flexibility index (Phi) is 6.58. The quantitative estimate of drug-likeness (QED) is 0.705. The van der Waals surface area contributed by atoms with E-state index in [-0.39, 0.29) is 23.5 Å². The molecule has 0 aliphatic carbocycles. The second kappa shape index (κ2) is 8.79. The van der Waals surface area contributed by atoms with Crippen LogP contribution in [0.2, 0.25) is 0 Å². The van der Waals surface area contributed by atoms with Crippen molar-refractivity contribution in [3.63, 3.8) is 0 Å². The Hall–Kier alpha value is -2.92. The summed E-state index contributed by atoms with van der Waals surface area (Å²) in [5.74, 6) is -1.79. The fraction of sp³-hybridized carbons (Fsp3) is 0.364. The molecule has 1 fully saturated rings. The number of carbonyl (C=O) groups is 2. The van der Waals surface area contributed by atoms with Gasteiger partial charge in [-0.3, -0.25) is 9.59 Å². The maximum atomic E-state index is 13.0. The molecule has 33 heavy (non-hydrogen) atoms. The number of hydrogen-bond acceptors (Lipinski definition) is 4. The highest BCUT2D eigenvalue weighted by Crippen LogP contribution is 2.34. The lowest BCUT2D eigenvalue weighted by atomic mass is 10.1. The third-order valence-electron chi connectivity index (χ3n) is 5.66. The molecule has 0 radical (unpaired) electrons. The molecule has 11 heteroatoms. The van der Waals surface area contributed by atoms with Crippen LogP contribution in [0.15, 0.2) is 41.3 Å². The summed E-state index contributed by atoms with van der Waals surface area (Å²) in [5, 5.41) is 2.69. The highest BCUT2D eigenvalue weighted by molar-refractivity contribution is 7.89. The van der Waals surface area contributed by atoms with Crippen molar-refractivity contribution in [3.8, 4) is 0 Å². The van der Waals surface area contributed by atoms with E-state index in [0.29, 0.717) is 16.8 Å². The van der Waals surface area contributed by atoms with Crippen LogP contribution in [-0.2, 0) is 25.8 Å². The summed E-state index contributed by atoms with van der Waals surface area (Å²) >= 11 is 0. The van der Waals surface area contributed by atoms with Crippen LogP contribution in [0, 0.1) is 19.8 Å². The average Bonchev–Trinajstić information content (AvgIpc) is 3.12. The molecule has 2 amide bonds. The average molecular weight is 484 g/mol. The van der Waals surface area contributed by atoms with Gasteiger partial charge in [-0.05, 0) is 55.3 Å². The number of alkyl halides is 3. The zero-order chi connectivity index (χ0) is 24.7. The first-order valence-corrected chi connectivity index (χ1v) is 11.5. The van der Waals surface area contributed by atoms with E-state index < -0.39 is 39.5 Å². The van der Waals surface area contributed by atoms with Crippen LogP contribution in [0.1, 0.15) is 23.1 Å². The molecule has 178 valence electrons. The van der Waals surface area contributed by atoms with Crippen LogP contribution < -0.4 is 10.2 Å². The molecule has 0 bridgehead atoms. The van der Waals surface area contributed by atoms with Crippen molar-refractivity contribution in [2.75, 3.05) is 30.9 Å². The summed E-state index contributed by atoms with van der Waals surface area (Å²) in [5.41, 5.74) is 0.800. The number of nitrogens with zero attached hydrogens (tertiary/aromatic N) is 2. The van der Waals surface area contributed by atoms with E-state index in [2.05, 4.69) is 5.32 Å². The third-order valence-corrected chi connectivity index (χ3v) is 7.45. The van der Waals surface area contributed by atoms with Gasteiger partial charge in [0, 0.05) is 38.4 Å². The van der Waals surface area contributed by atoms with Gasteiger partial charge < -0.3 is 10.2 Å². The zero-order valence-corrected chi connectivity index (χ0v) is 19.3. The summed E-state index contributed by atoms with van der Waals surface area (Å²) in [6.45, 7) is 3.36. The molecule has 7 nitrogen and oxygen atoms in total. The summed E-state index contributed by atoms with van der Waals surface area (Å²) < 4.78 is 65.2. The summed E-state index contributed by atoms with van der Waals surface area (Å²) in [7, 11) is -0.939. The van der Waals surface area contributed by atoms with Crippen LogP contribution in [-0.4, -0.2) is 45.2 Å². The molecule has 0 saturated carbocycles. The molecule has 2 aromatic rings. The van der Waals surface area contributed by atoms with E-state index in [1.165, 1.54) is 38.4 Å². The number of amides is 2. The van der Waals surface area contributed by atoms with E-state index >= 15 is 0 Å². The smallest absolute Gasteiger partial charge is 0.325 e. The molecule has 1 heterocycles. The third kappa shape index (κ3) is 5.03. The van der Waals surface area contributed by atoms with Crippen molar-refractivity contribution in [1.29, 1.82) is 0 Å². The fourth-order valence-corrected chi connectivity index (χ4v) is 4.55. The Labute approximate surface area is 190 Å². The number of sulfonamides is 1. The maximum Gasteiger partial charge on any atom is 0.416 e. The maximum absolute atomic E-state index is 13.0. The Morgan fingerprint density at radius 2 is 1.82 bits per heavy atom. The van der Waals surface area contributed by atoms with Gasteiger partial charge in [-0.15, -0.1) is 0 Å². The summed E-state index contributed by atoms with van der Waals surface area (Å²) in [6, 6.07) is 7.25. The number of hydrogen-bond donors (Lipinski definition) is 1. The van der Waals surface area contributed by atoms with Crippen LogP contribution in [0.25, 0.3) is 0 Å². The molecular weight excluding hydrogens is 459 g/mol. The number of aryl methyl sites for hydroxylation is 1. The second-order valence-electron chi connectivity index (χ2n) is 8.14. The molecule has 1 aliphatic rings. The number of halogens is 3. The topological polar surface area (TPSA) is 86.8 Å². The number of benzene rings is 2. The first-order valence-electron chi connectivity index (χ1n) is 10.0. The number of nitrogens with one attached hydrogen (secondary N) is 1. The first-order chi connectivity index (χ1) is 15.2. The van der Waals surface area contributed by atoms with Crippen molar-refractivity contribution < 1.29 is 31.2 Å². The summed E-state index contributed by atoms with van der Waals surface area (Å²) in [6.07, 6.45) is -4.72. The molecule has 2 aromatic carbocycles. The van der Waals surface area contributed by atoms with Gasteiger partial charge in [-0.1, -0.05) is 6.07 Å². The van der Waals surface area contributed by atoms with Crippen molar-refractivity contribution in [2.24, 2.45) is 5.92 Å². The van der Waals surface area contributed by atoms with Crippen LogP contribution in [0.5, 0.6) is 0 Å². The van der Waals surface area contributed by atoms with Crippen molar-refractivity contribution in [3.05, 3.63) is 53.1 Å². The first kappa shape index (κ1) is 24.7. The lowest BCUT2D eigenvalue weighted by Gasteiger charge is -2.19. The predicted molar refractivity (Wildman–Crippen MR) is 117 cm³/mol. The molecule has 1 N–H and O–H groups in total.